The molecule has 0 saturated carbocycles. The van der Waals surface area contributed by atoms with Gasteiger partial charge < -0.3 is 15.7 Å². The van der Waals surface area contributed by atoms with E-state index in [4.69, 9.17) is 5.11 Å². The highest BCUT2D eigenvalue weighted by Crippen LogP contribution is 2.24. The summed E-state index contributed by atoms with van der Waals surface area (Å²) in [6.07, 6.45) is 0. The van der Waals surface area contributed by atoms with Crippen LogP contribution >= 0.6 is 0 Å². The number of amides is 4. The van der Waals surface area contributed by atoms with Crippen molar-refractivity contribution in [1.29, 1.82) is 0 Å². The molecule has 3 N–H and O–H groups in total. The van der Waals surface area contributed by atoms with E-state index in [-0.39, 0.29) is 11.1 Å². The maximum Gasteiger partial charge on any atom is 0.325 e. The first-order chi connectivity index (χ1) is 9.81. The van der Waals surface area contributed by atoms with Gasteiger partial charge in [0.15, 0.2) is 0 Å². The highest BCUT2D eigenvalue weighted by molar-refractivity contribution is 6.21. The van der Waals surface area contributed by atoms with Crippen molar-refractivity contribution in [1.82, 2.24) is 10.2 Å². The van der Waals surface area contributed by atoms with Gasteiger partial charge in [0, 0.05) is 12.7 Å². The van der Waals surface area contributed by atoms with E-state index in [0.717, 1.165) is 4.90 Å². The van der Waals surface area contributed by atoms with Gasteiger partial charge in [-0.2, -0.15) is 0 Å². The molecule has 1 atom stereocenters. The van der Waals surface area contributed by atoms with Gasteiger partial charge in [-0.3, -0.25) is 19.3 Å². The first kappa shape index (κ1) is 14.5. The van der Waals surface area contributed by atoms with E-state index in [9.17, 15) is 19.2 Å². The Morgan fingerprint density at radius 3 is 2.43 bits per heavy atom. The van der Waals surface area contributed by atoms with Crippen LogP contribution in [0.25, 0.3) is 0 Å². The van der Waals surface area contributed by atoms with Crippen molar-refractivity contribution in [3.63, 3.8) is 0 Å². The highest BCUT2D eigenvalue weighted by atomic mass is 16.4. The van der Waals surface area contributed by atoms with Crippen molar-refractivity contribution in [2.75, 3.05) is 12.4 Å². The molecule has 0 spiro atoms. The quantitative estimate of drug-likeness (QED) is 0.701. The molecule has 1 aliphatic rings. The van der Waals surface area contributed by atoms with Crippen molar-refractivity contribution < 1.29 is 24.3 Å². The van der Waals surface area contributed by atoms with Crippen LogP contribution in [-0.4, -0.2) is 46.9 Å². The number of carboxylic acid groups (broad SMARTS) is 1. The Morgan fingerprint density at radius 1 is 1.19 bits per heavy atom. The molecular weight excluding hydrogens is 278 g/mol. The topological polar surface area (TPSA) is 116 Å². The fourth-order valence-corrected chi connectivity index (χ4v) is 1.86. The van der Waals surface area contributed by atoms with Gasteiger partial charge in [0.25, 0.3) is 11.8 Å². The zero-order valence-electron chi connectivity index (χ0n) is 11.3. The second-order valence-electron chi connectivity index (χ2n) is 4.59. The molecular formula is C13H13N3O5. The van der Waals surface area contributed by atoms with Crippen LogP contribution in [0.4, 0.5) is 10.5 Å². The van der Waals surface area contributed by atoms with Gasteiger partial charge in [-0.15, -0.1) is 0 Å². The lowest BCUT2D eigenvalue weighted by Crippen LogP contribution is -2.40. The van der Waals surface area contributed by atoms with Crippen molar-refractivity contribution in [3.05, 3.63) is 29.3 Å². The van der Waals surface area contributed by atoms with Gasteiger partial charge >= 0.3 is 12.0 Å². The van der Waals surface area contributed by atoms with Crippen LogP contribution < -0.4 is 10.6 Å². The van der Waals surface area contributed by atoms with E-state index in [1.165, 1.54) is 32.2 Å². The average Bonchev–Trinajstić information content (AvgIpc) is 2.63. The molecule has 0 aromatic heterocycles. The number of carbonyl (C=O) groups excluding carboxylic acids is 3. The molecule has 2 rings (SSSR count). The lowest BCUT2D eigenvalue weighted by molar-refractivity contribution is -0.138. The molecule has 1 heterocycles. The molecule has 1 aromatic rings. The van der Waals surface area contributed by atoms with E-state index >= 15 is 0 Å². The number of anilines is 1. The number of imide groups is 1. The molecule has 0 radical (unpaired) electrons. The third-order valence-corrected chi connectivity index (χ3v) is 3.07. The number of rotatable bonds is 3. The van der Waals surface area contributed by atoms with Gasteiger partial charge in [0.2, 0.25) is 0 Å². The fourth-order valence-electron chi connectivity index (χ4n) is 1.86. The molecule has 8 nitrogen and oxygen atoms in total. The lowest BCUT2D eigenvalue weighted by atomic mass is 10.1. The normalized spacial score (nSPS) is 14.7. The third kappa shape index (κ3) is 2.69. The van der Waals surface area contributed by atoms with Crippen LogP contribution in [0.1, 0.15) is 27.6 Å². The molecule has 0 saturated heterocycles. The molecule has 0 fully saturated rings. The predicted molar refractivity (Wildman–Crippen MR) is 72.1 cm³/mol. The van der Waals surface area contributed by atoms with Crippen molar-refractivity contribution in [2.45, 2.75) is 13.0 Å². The van der Waals surface area contributed by atoms with E-state index in [2.05, 4.69) is 10.6 Å². The fraction of sp³-hybridized carbons (Fsp3) is 0.231. The van der Waals surface area contributed by atoms with Crippen molar-refractivity contribution in [3.8, 4) is 0 Å². The Kier molecular flexibility index (Phi) is 3.62. The number of aliphatic carboxylic acids is 1. The molecule has 0 bridgehead atoms. The second-order valence-corrected chi connectivity index (χ2v) is 4.59. The minimum absolute atomic E-state index is 0.201. The van der Waals surface area contributed by atoms with E-state index in [0.29, 0.717) is 5.69 Å². The Labute approximate surface area is 119 Å². The van der Waals surface area contributed by atoms with E-state index < -0.39 is 29.9 Å². The molecule has 8 heteroatoms. The zero-order valence-corrected chi connectivity index (χ0v) is 11.3. The molecule has 0 aliphatic carbocycles. The van der Waals surface area contributed by atoms with Crippen LogP contribution in [-0.2, 0) is 4.79 Å². The van der Waals surface area contributed by atoms with Crippen LogP contribution in [0.2, 0.25) is 0 Å². The van der Waals surface area contributed by atoms with Crippen LogP contribution in [0.5, 0.6) is 0 Å². The Bertz CT molecular complexity index is 655. The number of nitrogens with zero attached hydrogens (tertiary/aromatic N) is 1. The number of fused-ring (bicyclic) bond motifs is 1. The summed E-state index contributed by atoms with van der Waals surface area (Å²) < 4.78 is 0. The first-order valence-electron chi connectivity index (χ1n) is 6.08. The molecule has 21 heavy (non-hydrogen) atoms. The predicted octanol–water partition coefficient (Wildman–Crippen LogP) is 0.507. The minimum atomic E-state index is -1.17. The molecule has 110 valence electrons. The summed E-state index contributed by atoms with van der Waals surface area (Å²) in [5.74, 6) is -2.01. The van der Waals surface area contributed by atoms with Crippen LogP contribution in [0, 0.1) is 0 Å². The van der Waals surface area contributed by atoms with E-state index in [1.807, 2.05) is 0 Å². The first-order valence-corrected chi connectivity index (χ1v) is 6.08. The number of carboxylic acids is 1. The number of hydrogen-bond donors (Lipinski definition) is 3. The van der Waals surface area contributed by atoms with Crippen LogP contribution in [0.15, 0.2) is 18.2 Å². The summed E-state index contributed by atoms with van der Waals surface area (Å²) in [7, 11) is 1.37. The smallest absolute Gasteiger partial charge is 0.325 e. The summed E-state index contributed by atoms with van der Waals surface area (Å²) in [5, 5.41) is 13.3. The maximum absolute atomic E-state index is 11.8. The molecule has 4 amide bonds. The van der Waals surface area contributed by atoms with Crippen LogP contribution in [0.3, 0.4) is 0 Å². The van der Waals surface area contributed by atoms with Gasteiger partial charge in [-0.05, 0) is 25.1 Å². The lowest BCUT2D eigenvalue weighted by Gasteiger charge is -2.11. The highest BCUT2D eigenvalue weighted by Gasteiger charge is 2.32. The number of benzene rings is 1. The maximum atomic E-state index is 11.8. The third-order valence-electron chi connectivity index (χ3n) is 3.07. The van der Waals surface area contributed by atoms with Gasteiger partial charge in [-0.1, -0.05) is 0 Å². The van der Waals surface area contributed by atoms with E-state index in [1.54, 1.807) is 0 Å². The summed E-state index contributed by atoms with van der Waals surface area (Å²) in [6, 6.07) is 2.52. The minimum Gasteiger partial charge on any atom is -0.480 e. The second kappa shape index (κ2) is 5.23. The monoisotopic (exact) mass is 291 g/mol. The number of carbonyl (C=O) groups is 4. The molecule has 1 aromatic carbocycles. The van der Waals surface area contributed by atoms with Crippen molar-refractivity contribution >= 4 is 29.5 Å². The Hall–Kier alpha value is -2.90. The van der Waals surface area contributed by atoms with Crippen molar-refractivity contribution in [2.24, 2.45) is 0 Å². The Balaban J connectivity index is 2.14. The number of hydrogen-bond acceptors (Lipinski definition) is 4. The molecule has 1 aliphatic heterocycles. The van der Waals surface area contributed by atoms with Gasteiger partial charge in [0.05, 0.1) is 11.1 Å². The van der Waals surface area contributed by atoms with Gasteiger partial charge in [-0.25, -0.2) is 4.79 Å². The number of nitrogens with one attached hydrogen (secondary N) is 2. The summed E-state index contributed by atoms with van der Waals surface area (Å²) >= 11 is 0. The SMILES string of the molecule is C[C@@H](NC(=O)Nc1ccc2c(c1)C(=O)N(C)C2=O)C(=O)O. The average molecular weight is 291 g/mol. The summed E-state index contributed by atoms with van der Waals surface area (Å²) in [5.41, 5.74) is 0.763. The standard InChI is InChI=1S/C13H13N3O5/c1-6(12(19)20)14-13(21)15-7-3-4-8-9(5-7)11(18)16(2)10(8)17/h3-6H,1-2H3,(H,19,20)(H2,14,15,21)/t6-/m1/s1. The summed E-state index contributed by atoms with van der Waals surface area (Å²) in [4.78, 5) is 46.7. The zero-order chi connectivity index (χ0) is 15.7. The number of urea groups is 1. The largest absolute Gasteiger partial charge is 0.480 e. The Morgan fingerprint density at radius 2 is 1.81 bits per heavy atom. The van der Waals surface area contributed by atoms with Gasteiger partial charge in [0.1, 0.15) is 6.04 Å². The molecule has 0 unspecified atom stereocenters. The summed E-state index contributed by atoms with van der Waals surface area (Å²) in [6.45, 7) is 1.32.